The highest BCUT2D eigenvalue weighted by Gasteiger charge is 1.96. The monoisotopic (exact) mass is 205 g/mol. The Kier molecular flexibility index (Phi) is 4.58. The molecule has 0 saturated heterocycles. The van der Waals surface area contributed by atoms with Crippen molar-refractivity contribution in [2.45, 2.75) is 20.0 Å². The molecule has 0 fully saturated rings. The Hall–Kier alpha value is -1.60. The van der Waals surface area contributed by atoms with Crippen molar-refractivity contribution in [1.82, 2.24) is 4.98 Å². The summed E-state index contributed by atoms with van der Waals surface area (Å²) in [6, 6.07) is 7.30. The minimum Gasteiger partial charge on any atom is -0.377 e. The van der Waals surface area contributed by atoms with Crippen LogP contribution < -0.4 is 5.32 Å². The van der Waals surface area contributed by atoms with E-state index in [1.165, 1.54) is 0 Å². The second kappa shape index (κ2) is 5.99. The standard InChI is InChI=1S/C11H15N3O/c1-9(2)15-7-6-13-11-5-3-4-10(8-12)14-11/h3-5,9H,6-7H2,1-2H3,(H,13,14). The highest BCUT2D eigenvalue weighted by Crippen LogP contribution is 2.03. The summed E-state index contributed by atoms with van der Waals surface area (Å²) < 4.78 is 5.36. The van der Waals surface area contributed by atoms with Crippen molar-refractivity contribution in [3.63, 3.8) is 0 Å². The molecule has 0 unspecified atom stereocenters. The predicted octanol–water partition coefficient (Wildman–Crippen LogP) is 1.79. The van der Waals surface area contributed by atoms with Gasteiger partial charge in [-0.05, 0) is 26.0 Å². The van der Waals surface area contributed by atoms with Gasteiger partial charge in [0.1, 0.15) is 17.6 Å². The molecule has 0 saturated carbocycles. The van der Waals surface area contributed by atoms with Crippen LogP contribution >= 0.6 is 0 Å². The first-order valence-corrected chi connectivity index (χ1v) is 4.95. The molecule has 15 heavy (non-hydrogen) atoms. The summed E-state index contributed by atoms with van der Waals surface area (Å²) in [6.45, 7) is 5.32. The van der Waals surface area contributed by atoms with Crippen molar-refractivity contribution >= 4 is 5.82 Å². The van der Waals surface area contributed by atoms with Gasteiger partial charge in [-0.2, -0.15) is 5.26 Å². The second-order valence-corrected chi connectivity index (χ2v) is 3.37. The average Bonchev–Trinajstić information content (AvgIpc) is 2.24. The lowest BCUT2D eigenvalue weighted by Gasteiger charge is -2.08. The summed E-state index contributed by atoms with van der Waals surface area (Å²) in [5.41, 5.74) is 0.421. The summed E-state index contributed by atoms with van der Waals surface area (Å²) in [4.78, 5) is 4.08. The van der Waals surface area contributed by atoms with Gasteiger partial charge >= 0.3 is 0 Å². The highest BCUT2D eigenvalue weighted by atomic mass is 16.5. The molecule has 1 heterocycles. The number of aromatic nitrogens is 1. The van der Waals surface area contributed by atoms with Crippen molar-refractivity contribution < 1.29 is 4.74 Å². The first kappa shape index (κ1) is 11.5. The van der Waals surface area contributed by atoms with Gasteiger partial charge < -0.3 is 10.1 Å². The molecule has 0 amide bonds. The molecule has 1 rings (SSSR count). The summed E-state index contributed by atoms with van der Waals surface area (Å²) >= 11 is 0. The zero-order valence-corrected chi connectivity index (χ0v) is 9.03. The molecule has 0 aliphatic rings. The van der Waals surface area contributed by atoms with Gasteiger partial charge in [-0.15, -0.1) is 0 Å². The van der Waals surface area contributed by atoms with Gasteiger partial charge in [0.25, 0.3) is 0 Å². The maximum Gasteiger partial charge on any atom is 0.142 e. The van der Waals surface area contributed by atoms with E-state index in [2.05, 4.69) is 10.3 Å². The predicted molar refractivity (Wildman–Crippen MR) is 58.5 cm³/mol. The molecule has 1 aromatic heterocycles. The van der Waals surface area contributed by atoms with Crippen LogP contribution in [0.1, 0.15) is 19.5 Å². The molecule has 80 valence electrons. The third-order valence-electron chi connectivity index (χ3n) is 1.72. The van der Waals surface area contributed by atoms with Crippen LogP contribution in [0.25, 0.3) is 0 Å². The first-order valence-electron chi connectivity index (χ1n) is 4.95. The Balaban J connectivity index is 2.35. The van der Waals surface area contributed by atoms with E-state index in [0.29, 0.717) is 24.7 Å². The Morgan fingerprint density at radius 3 is 3.00 bits per heavy atom. The normalized spacial score (nSPS) is 10.0. The van der Waals surface area contributed by atoms with Crippen LogP contribution in [-0.4, -0.2) is 24.2 Å². The topological polar surface area (TPSA) is 57.9 Å². The van der Waals surface area contributed by atoms with Crippen molar-refractivity contribution in [3.05, 3.63) is 23.9 Å². The van der Waals surface area contributed by atoms with Gasteiger partial charge in [0.15, 0.2) is 0 Å². The molecular formula is C11H15N3O. The van der Waals surface area contributed by atoms with E-state index in [-0.39, 0.29) is 6.10 Å². The molecule has 1 N–H and O–H groups in total. The fraction of sp³-hybridized carbons (Fsp3) is 0.455. The van der Waals surface area contributed by atoms with Crippen molar-refractivity contribution in [3.8, 4) is 6.07 Å². The quantitative estimate of drug-likeness (QED) is 0.744. The average molecular weight is 205 g/mol. The number of anilines is 1. The molecule has 0 aromatic carbocycles. The largest absolute Gasteiger partial charge is 0.377 e. The minimum absolute atomic E-state index is 0.241. The minimum atomic E-state index is 0.241. The summed E-state index contributed by atoms with van der Waals surface area (Å²) in [5.74, 6) is 0.710. The van der Waals surface area contributed by atoms with Gasteiger partial charge in [-0.1, -0.05) is 6.07 Å². The van der Waals surface area contributed by atoms with E-state index >= 15 is 0 Å². The summed E-state index contributed by atoms with van der Waals surface area (Å²) in [7, 11) is 0. The van der Waals surface area contributed by atoms with E-state index in [4.69, 9.17) is 10.00 Å². The number of nitrogens with one attached hydrogen (secondary N) is 1. The zero-order chi connectivity index (χ0) is 11.1. The van der Waals surface area contributed by atoms with E-state index in [9.17, 15) is 0 Å². The molecule has 0 bridgehead atoms. The van der Waals surface area contributed by atoms with Gasteiger partial charge in [0.05, 0.1) is 12.7 Å². The van der Waals surface area contributed by atoms with Crippen molar-refractivity contribution in [2.24, 2.45) is 0 Å². The third kappa shape index (κ3) is 4.43. The molecule has 4 heteroatoms. The molecule has 1 aromatic rings. The van der Waals surface area contributed by atoms with Crippen LogP contribution in [0, 0.1) is 11.3 Å². The Labute approximate surface area is 89.9 Å². The molecular weight excluding hydrogens is 190 g/mol. The number of ether oxygens (including phenoxy) is 1. The SMILES string of the molecule is CC(C)OCCNc1cccc(C#N)n1. The van der Waals surface area contributed by atoms with Crippen LogP contribution in [0.5, 0.6) is 0 Å². The number of nitriles is 1. The zero-order valence-electron chi connectivity index (χ0n) is 9.03. The number of rotatable bonds is 5. The highest BCUT2D eigenvalue weighted by molar-refractivity contribution is 5.38. The fourth-order valence-electron chi connectivity index (χ4n) is 1.07. The number of nitrogens with zero attached hydrogens (tertiary/aromatic N) is 2. The first-order chi connectivity index (χ1) is 7.22. The van der Waals surface area contributed by atoms with Crippen LogP contribution in [0.15, 0.2) is 18.2 Å². The van der Waals surface area contributed by atoms with Gasteiger partial charge in [0, 0.05) is 6.54 Å². The van der Waals surface area contributed by atoms with E-state index in [1.807, 2.05) is 26.0 Å². The van der Waals surface area contributed by atoms with Crippen LogP contribution in [-0.2, 0) is 4.74 Å². The number of hydrogen-bond acceptors (Lipinski definition) is 4. The molecule has 0 aliphatic carbocycles. The summed E-state index contributed by atoms with van der Waals surface area (Å²) in [5, 5.41) is 11.7. The Bertz CT molecular complexity index is 344. The third-order valence-corrected chi connectivity index (χ3v) is 1.72. The van der Waals surface area contributed by atoms with Crippen molar-refractivity contribution in [2.75, 3.05) is 18.5 Å². The lowest BCUT2D eigenvalue weighted by molar-refractivity contribution is 0.0870. The second-order valence-electron chi connectivity index (χ2n) is 3.37. The van der Waals surface area contributed by atoms with Crippen LogP contribution in [0.4, 0.5) is 5.82 Å². The smallest absolute Gasteiger partial charge is 0.142 e. The molecule has 0 radical (unpaired) electrons. The van der Waals surface area contributed by atoms with E-state index < -0.39 is 0 Å². The summed E-state index contributed by atoms with van der Waals surface area (Å²) in [6.07, 6.45) is 0.241. The molecule has 4 nitrogen and oxygen atoms in total. The van der Waals surface area contributed by atoms with E-state index in [1.54, 1.807) is 12.1 Å². The number of pyridine rings is 1. The van der Waals surface area contributed by atoms with Crippen LogP contribution in [0.2, 0.25) is 0 Å². The van der Waals surface area contributed by atoms with Gasteiger partial charge in [0.2, 0.25) is 0 Å². The fourth-order valence-corrected chi connectivity index (χ4v) is 1.07. The van der Waals surface area contributed by atoms with Crippen LogP contribution in [0.3, 0.4) is 0 Å². The lowest BCUT2D eigenvalue weighted by Crippen LogP contribution is -2.13. The Morgan fingerprint density at radius 1 is 1.53 bits per heavy atom. The Morgan fingerprint density at radius 2 is 2.33 bits per heavy atom. The lowest BCUT2D eigenvalue weighted by atomic mass is 10.3. The maximum atomic E-state index is 8.64. The van der Waals surface area contributed by atoms with E-state index in [0.717, 1.165) is 0 Å². The molecule has 0 aliphatic heterocycles. The maximum absolute atomic E-state index is 8.64. The van der Waals surface area contributed by atoms with Gasteiger partial charge in [-0.25, -0.2) is 4.98 Å². The van der Waals surface area contributed by atoms with Crippen molar-refractivity contribution in [1.29, 1.82) is 5.26 Å². The molecule has 0 spiro atoms. The van der Waals surface area contributed by atoms with Gasteiger partial charge in [-0.3, -0.25) is 0 Å². The number of hydrogen-bond donors (Lipinski definition) is 1. The molecule has 0 atom stereocenters.